The van der Waals surface area contributed by atoms with Crippen LogP contribution in [0.25, 0.3) is 0 Å². The molecule has 7 nitrogen and oxygen atoms in total. The van der Waals surface area contributed by atoms with Crippen LogP contribution < -0.4 is 0 Å². The van der Waals surface area contributed by atoms with Gasteiger partial charge in [-0.2, -0.15) is 0 Å². The topological polar surface area (TPSA) is 127 Å². The Morgan fingerprint density at radius 1 is 1.00 bits per heavy atom. The van der Waals surface area contributed by atoms with Crippen LogP contribution in [0.5, 0.6) is 0 Å². The number of ether oxygens (including phenoxy) is 1. The van der Waals surface area contributed by atoms with Gasteiger partial charge in [-0.15, -0.1) is 0 Å². The first-order valence-corrected chi connectivity index (χ1v) is 7.02. The summed E-state index contributed by atoms with van der Waals surface area (Å²) in [5.41, 5.74) is 0.283. The molecule has 5 N–H and O–H groups in total. The first kappa shape index (κ1) is 20.5. The fourth-order valence-electron chi connectivity index (χ4n) is 1.48. The van der Waals surface area contributed by atoms with Crippen LogP contribution in [-0.2, 0) is 4.74 Å². The number of carbonyl (C=O) groups excluding carboxylic acids is 1. The Morgan fingerprint density at radius 3 is 2.00 bits per heavy atom. The fourth-order valence-corrected chi connectivity index (χ4v) is 1.48. The highest BCUT2D eigenvalue weighted by Gasteiger charge is 2.30. The van der Waals surface area contributed by atoms with Crippen LogP contribution >= 0.6 is 0 Å². The number of benzene rings is 1. The Bertz CT molecular complexity index is 410. The quantitative estimate of drug-likeness (QED) is 0.421. The van der Waals surface area contributed by atoms with Crippen LogP contribution in [0.2, 0.25) is 0 Å². The van der Waals surface area contributed by atoms with Gasteiger partial charge in [0.05, 0.1) is 12.2 Å². The normalized spacial score (nSPS) is 15.8. The van der Waals surface area contributed by atoms with Crippen molar-refractivity contribution in [3.05, 3.63) is 35.9 Å². The van der Waals surface area contributed by atoms with E-state index >= 15 is 0 Å². The van der Waals surface area contributed by atoms with E-state index in [9.17, 15) is 20.1 Å². The molecule has 0 saturated heterocycles. The van der Waals surface area contributed by atoms with E-state index in [4.69, 9.17) is 14.9 Å². The molecule has 0 aliphatic carbocycles. The Kier molecular flexibility index (Phi) is 10.3. The lowest BCUT2D eigenvalue weighted by molar-refractivity contribution is -0.124. The average molecular weight is 316 g/mol. The highest BCUT2D eigenvalue weighted by molar-refractivity contribution is 5.89. The van der Waals surface area contributed by atoms with Crippen molar-refractivity contribution >= 4 is 5.97 Å². The van der Waals surface area contributed by atoms with E-state index in [-0.39, 0.29) is 5.56 Å². The molecule has 0 fully saturated rings. The Morgan fingerprint density at radius 2 is 1.50 bits per heavy atom. The second kappa shape index (κ2) is 11.1. The van der Waals surface area contributed by atoms with E-state index in [0.717, 1.165) is 0 Å². The lowest BCUT2D eigenvalue weighted by Crippen LogP contribution is -2.47. The fraction of sp³-hybridized carbons (Fsp3) is 0.533. The van der Waals surface area contributed by atoms with Crippen molar-refractivity contribution in [2.45, 2.75) is 38.3 Å². The van der Waals surface area contributed by atoms with Gasteiger partial charge in [0, 0.05) is 0 Å². The van der Waals surface area contributed by atoms with E-state index in [1.165, 1.54) is 12.1 Å². The van der Waals surface area contributed by atoms with Gasteiger partial charge in [-0.05, 0) is 12.1 Å². The molecule has 7 heteroatoms. The predicted molar refractivity (Wildman–Crippen MR) is 79.2 cm³/mol. The molecule has 22 heavy (non-hydrogen) atoms. The molecule has 4 atom stereocenters. The summed E-state index contributed by atoms with van der Waals surface area (Å²) in [6.45, 7) is 2.68. The highest BCUT2D eigenvalue weighted by atomic mass is 16.5. The molecule has 0 aliphatic heterocycles. The monoisotopic (exact) mass is 316 g/mol. The number of hydrogen-bond acceptors (Lipinski definition) is 7. The van der Waals surface area contributed by atoms with Gasteiger partial charge in [0.25, 0.3) is 0 Å². The molecule has 0 spiro atoms. The van der Waals surface area contributed by atoms with Gasteiger partial charge in [-0.1, -0.05) is 32.0 Å². The summed E-state index contributed by atoms with van der Waals surface area (Å²) in [5.74, 6) is -0.686. The Balaban J connectivity index is 0.00000211. The molecule has 0 saturated carbocycles. The molecule has 0 radical (unpaired) electrons. The van der Waals surface area contributed by atoms with Crippen molar-refractivity contribution in [3.8, 4) is 0 Å². The minimum atomic E-state index is -1.75. The van der Waals surface area contributed by atoms with E-state index in [1.54, 1.807) is 18.2 Å². The van der Waals surface area contributed by atoms with Gasteiger partial charge in [-0.25, -0.2) is 4.79 Å². The number of hydrogen-bond donors (Lipinski definition) is 5. The third-order valence-electron chi connectivity index (χ3n) is 2.72. The SMILES string of the molecule is CC.O=C(OCC(O)C(O)C(O)C(O)CO)c1ccccc1. The maximum atomic E-state index is 11.6. The van der Waals surface area contributed by atoms with Crippen molar-refractivity contribution in [1.82, 2.24) is 0 Å². The minimum Gasteiger partial charge on any atom is -0.459 e. The number of aliphatic hydroxyl groups excluding tert-OH is 5. The molecule has 1 rings (SSSR count). The van der Waals surface area contributed by atoms with Crippen molar-refractivity contribution in [2.24, 2.45) is 0 Å². The molecule has 1 aromatic rings. The number of rotatable bonds is 7. The first-order chi connectivity index (χ1) is 10.5. The van der Waals surface area contributed by atoms with Gasteiger partial charge in [0.2, 0.25) is 0 Å². The van der Waals surface area contributed by atoms with Crippen LogP contribution in [0.4, 0.5) is 0 Å². The van der Waals surface area contributed by atoms with Gasteiger partial charge >= 0.3 is 5.97 Å². The minimum absolute atomic E-state index is 0.283. The average Bonchev–Trinajstić information content (AvgIpc) is 2.59. The van der Waals surface area contributed by atoms with E-state index in [0.29, 0.717) is 0 Å². The van der Waals surface area contributed by atoms with Gasteiger partial charge < -0.3 is 30.3 Å². The molecule has 0 heterocycles. The highest BCUT2D eigenvalue weighted by Crippen LogP contribution is 2.07. The smallest absolute Gasteiger partial charge is 0.338 e. The zero-order chi connectivity index (χ0) is 17.1. The third-order valence-corrected chi connectivity index (χ3v) is 2.72. The zero-order valence-corrected chi connectivity index (χ0v) is 12.7. The largest absolute Gasteiger partial charge is 0.459 e. The first-order valence-electron chi connectivity index (χ1n) is 7.02. The number of carbonyl (C=O) groups is 1. The molecular formula is C15H24O7. The summed E-state index contributed by atoms with van der Waals surface area (Å²) in [6, 6.07) is 8.06. The Hall–Kier alpha value is -1.51. The molecule has 0 amide bonds. The second-order valence-corrected chi connectivity index (χ2v) is 4.26. The summed E-state index contributed by atoms with van der Waals surface area (Å²) in [6.07, 6.45) is -6.67. The predicted octanol–water partition coefficient (Wildman–Crippen LogP) is -0.695. The molecule has 1 aromatic carbocycles. The lowest BCUT2D eigenvalue weighted by Gasteiger charge is -2.25. The molecule has 0 aliphatic rings. The van der Waals surface area contributed by atoms with Crippen LogP contribution in [0.3, 0.4) is 0 Å². The summed E-state index contributed by atoms with van der Waals surface area (Å²) in [4.78, 5) is 11.6. The maximum Gasteiger partial charge on any atom is 0.338 e. The van der Waals surface area contributed by atoms with Crippen LogP contribution in [0.15, 0.2) is 30.3 Å². The van der Waals surface area contributed by atoms with Crippen LogP contribution in [0, 0.1) is 0 Å². The Labute approximate surface area is 129 Å². The summed E-state index contributed by atoms with van der Waals surface area (Å²) in [7, 11) is 0. The van der Waals surface area contributed by atoms with Gasteiger partial charge in [0.1, 0.15) is 31.0 Å². The summed E-state index contributed by atoms with van der Waals surface area (Å²) >= 11 is 0. The third kappa shape index (κ3) is 6.50. The van der Waals surface area contributed by atoms with E-state index in [2.05, 4.69) is 0 Å². The molecule has 0 aromatic heterocycles. The number of aliphatic hydroxyl groups is 5. The second-order valence-electron chi connectivity index (χ2n) is 4.26. The van der Waals surface area contributed by atoms with Crippen LogP contribution in [0.1, 0.15) is 24.2 Å². The molecule has 126 valence electrons. The standard InChI is InChI=1S/C13H18O7.C2H6/c14-6-9(15)11(17)12(18)10(16)7-20-13(19)8-4-2-1-3-5-8;1-2/h1-5,9-12,14-18H,6-7H2;1-2H3. The van der Waals surface area contributed by atoms with E-state index in [1.807, 2.05) is 13.8 Å². The van der Waals surface area contributed by atoms with Crippen molar-refractivity contribution in [1.29, 1.82) is 0 Å². The molecule has 0 bridgehead atoms. The van der Waals surface area contributed by atoms with Crippen molar-refractivity contribution in [3.63, 3.8) is 0 Å². The summed E-state index contributed by atoms with van der Waals surface area (Å²) in [5, 5.41) is 46.2. The van der Waals surface area contributed by atoms with Gasteiger partial charge in [-0.3, -0.25) is 0 Å². The van der Waals surface area contributed by atoms with Gasteiger partial charge in [0.15, 0.2) is 0 Å². The van der Waals surface area contributed by atoms with E-state index < -0.39 is 43.6 Å². The maximum absolute atomic E-state index is 11.6. The lowest BCUT2D eigenvalue weighted by atomic mass is 10.0. The molecule has 4 unspecified atom stereocenters. The van der Waals surface area contributed by atoms with Crippen molar-refractivity contribution in [2.75, 3.05) is 13.2 Å². The number of esters is 1. The zero-order valence-electron chi connectivity index (χ0n) is 12.7. The van der Waals surface area contributed by atoms with Crippen molar-refractivity contribution < 1.29 is 35.1 Å². The molecular weight excluding hydrogens is 292 g/mol. The van der Waals surface area contributed by atoms with Crippen LogP contribution in [-0.4, -0.2) is 69.1 Å². The summed E-state index contributed by atoms with van der Waals surface area (Å²) < 4.78 is 4.77.